The minimum Gasteiger partial charge on any atom is -0.484 e. The maximum absolute atomic E-state index is 13.0. The average Bonchev–Trinajstić information content (AvgIpc) is 2.75. The van der Waals surface area contributed by atoms with Gasteiger partial charge in [0.15, 0.2) is 6.61 Å². The molecule has 1 atom stereocenters. The van der Waals surface area contributed by atoms with Gasteiger partial charge in [-0.3, -0.25) is 9.59 Å². The van der Waals surface area contributed by atoms with Crippen LogP contribution in [0.4, 0.5) is 4.39 Å². The van der Waals surface area contributed by atoms with Crippen LogP contribution in [0, 0.1) is 5.82 Å². The summed E-state index contributed by atoms with van der Waals surface area (Å²) >= 11 is 0. The molecular formula is C23H29FN2O3. The Morgan fingerprint density at radius 2 is 1.76 bits per heavy atom. The Morgan fingerprint density at radius 3 is 2.38 bits per heavy atom. The number of halogens is 1. The van der Waals surface area contributed by atoms with Crippen LogP contribution in [-0.2, 0) is 16.0 Å². The molecule has 0 saturated carbocycles. The lowest BCUT2D eigenvalue weighted by molar-refractivity contribution is -0.142. The van der Waals surface area contributed by atoms with Gasteiger partial charge >= 0.3 is 0 Å². The van der Waals surface area contributed by atoms with Gasteiger partial charge < -0.3 is 15.0 Å². The fourth-order valence-electron chi connectivity index (χ4n) is 3.02. The van der Waals surface area contributed by atoms with Crippen molar-refractivity contribution in [3.8, 4) is 5.75 Å². The first-order valence-corrected chi connectivity index (χ1v) is 10.0. The Labute approximate surface area is 171 Å². The van der Waals surface area contributed by atoms with Crippen LogP contribution in [0.3, 0.4) is 0 Å². The van der Waals surface area contributed by atoms with E-state index in [0.29, 0.717) is 31.7 Å². The molecule has 2 aromatic carbocycles. The number of carbonyl (C=O) groups excluding carboxylic acids is 2. The Hall–Kier alpha value is -2.89. The summed E-state index contributed by atoms with van der Waals surface area (Å²) in [6.45, 7) is 4.64. The fourth-order valence-corrected chi connectivity index (χ4v) is 3.02. The molecular weight excluding hydrogens is 371 g/mol. The summed E-state index contributed by atoms with van der Waals surface area (Å²) in [5.74, 6) is -0.389. The maximum Gasteiger partial charge on any atom is 0.261 e. The molecule has 5 nitrogen and oxygen atoms in total. The number of hydrogen-bond donors (Lipinski definition) is 1. The van der Waals surface area contributed by atoms with Crippen molar-refractivity contribution in [2.75, 3.05) is 19.7 Å². The van der Waals surface area contributed by atoms with Crippen LogP contribution < -0.4 is 10.1 Å². The van der Waals surface area contributed by atoms with E-state index in [1.807, 2.05) is 44.2 Å². The normalized spacial score (nSPS) is 11.6. The summed E-state index contributed by atoms with van der Waals surface area (Å²) in [5.41, 5.74) is 1.09. The number of hydrogen-bond acceptors (Lipinski definition) is 3. The minimum atomic E-state index is -0.561. The molecule has 0 heterocycles. The molecule has 29 heavy (non-hydrogen) atoms. The van der Waals surface area contributed by atoms with Gasteiger partial charge in [0.1, 0.15) is 17.6 Å². The molecule has 0 aromatic heterocycles. The van der Waals surface area contributed by atoms with E-state index in [2.05, 4.69) is 5.32 Å². The van der Waals surface area contributed by atoms with Gasteiger partial charge in [0, 0.05) is 13.1 Å². The fraction of sp³-hybridized carbons (Fsp3) is 0.391. The van der Waals surface area contributed by atoms with Gasteiger partial charge in [-0.25, -0.2) is 4.39 Å². The number of ether oxygens (including phenoxy) is 1. The van der Waals surface area contributed by atoms with Crippen LogP contribution >= 0.6 is 0 Å². The van der Waals surface area contributed by atoms with Crippen molar-refractivity contribution < 1.29 is 18.7 Å². The first kappa shape index (κ1) is 22.4. The lowest BCUT2D eigenvalue weighted by atomic mass is 10.1. The second kappa shape index (κ2) is 11.8. The summed E-state index contributed by atoms with van der Waals surface area (Å²) in [7, 11) is 0. The van der Waals surface area contributed by atoms with Crippen LogP contribution in [0.15, 0.2) is 54.6 Å². The summed E-state index contributed by atoms with van der Waals surface area (Å²) in [6.07, 6.45) is 1.97. The molecule has 2 amide bonds. The Balaban J connectivity index is 2.09. The van der Waals surface area contributed by atoms with Crippen molar-refractivity contribution >= 4 is 11.8 Å². The molecule has 0 radical (unpaired) electrons. The number of benzene rings is 2. The van der Waals surface area contributed by atoms with E-state index in [0.717, 1.165) is 12.0 Å². The van der Waals surface area contributed by atoms with Crippen molar-refractivity contribution in [2.45, 2.75) is 39.2 Å². The molecule has 0 fully saturated rings. The molecule has 156 valence electrons. The Kier molecular flexibility index (Phi) is 9.15. The zero-order chi connectivity index (χ0) is 21.1. The topological polar surface area (TPSA) is 58.6 Å². The first-order chi connectivity index (χ1) is 14.0. The highest BCUT2D eigenvalue weighted by atomic mass is 19.1. The molecule has 0 bridgehead atoms. The minimum absolute atomic E-state index is 0.155. The summed E-state index contributed by atoms with van der Waals surface area (Å²) in [6, 6.07) is 14.8. The standard InChI is InChI=1S/C23H29FN2O3/c1-3-15-25-23(28)21(4-2)26(16-14-18-8-6-5-7-9-18)22(27)17-29-20-12-10-19(24)11-13-20/h5-13,21H,3-4,14-17H2,1-2H3,(H,25,28)/t21-/m1/s1. The van der Waals surface area contributed by atoms with Crippen LogP contribution in [0.5, 0.6) is 5.75 Å². The quantitative estimate of drug-likeness (QED) is 0.627. The van der Waals surface area contributed by atoms with E-state index < -0.39 is 6.04 Å². The van der Waals surface area contributed by atoms with Gasteiger partial charge in [-0.05, 0) is 49.1 Å². The largest absolute Gasteiger partial charge is 0.484 e. The number of nitrogens with zero attached hydrogens (tertiary/aromatic N) is 1. The number of rotatable bonds is 11. The van der Waals surface area contributed by atoms with E-state index >= 15 is 0 Å². The predicted octanol–water partition coefficient (Wildman–Crippen LogP) is 3.58. The van der Waals surface area contributed by atoms with Gasteiger partial charge in [0.05, 0.1) is 0 Å². The highest BCUT2D eigenvalue weighted by Crippen LogP contribution is 2.13. The number of carbonyl (C=O) groups is 2. The lowest BCUT2D eigenvalue weighted by Gasteiger charge is -2.30. The van der Waals surface area contributed by atoms with Gasteiger partial charge in [0.2, 0.25) is 5.91 Å². The smallest absolute Gasteiger partial charge is 0.261 e. The van der Waals surface area contributed by atoms with E-state index in [1.54, 1.807) is 4.90 Å². The third kappa shape index (κ3) is 7.22. The Morgan fingerprint density at radius 1 is 1.07 bits per heavy atom. The van der Waals surface area contributed by atoms with Crippen molar-refractivity contribution in [1.82, 2.24) is 10.2 Å². The van der Waals surface area contributed by atoms with Gasteiger partial charge in [-0.15, -0.1) is 0 Å². The van der Waals surface area contributed by atoms with Gasteiger partial charge in [0.25, 0.3) is 5.91 Å². The highest BCUT2D eigenvalue weighted by molar-refractivity contribution is 5.88. The summed E-state index contributed by atoms with van der Waals surface area (Å²) in [4.78, 5) is 27.1. The zero-order valence-corrected chi connectivity index (χ0v) is 17.1. The molecule has 1 N–H and O–H groups in total. The van der Waals surface area contributed by atoms with Crippen LogP contribution in [0.1, 0.15) is 32.3 Å². The summed E-state index contributed by atoms with van der Waals surface area (Å²) < 4.78 is 18.6. The summed E-state index contributed by atoms with van der Waals surface area (Å²) in [5, 5.41) is 2.88. The molecule has 0 unspecified atom stereocenters. The van der Waals surface area contributed by atoms with Crippen LogP contribution in [0.2, 0.25) is 0 Å². The van der Waals surface area contributed by atoms with E-state index in [1.165, 1.54) is 24.3 Å². The van der Waals surface area contributed by atoms with Crippen molar-refractivity contribution in [2.24, 2.45) is 0 Å². The van der Waals surface area contributed by atoms with Crippen molar-refractivity contribution in [1.29, 1.82) is 0 Å². The molecule has 0 aliphatic heterocycles. The van der Waals surface area contributed by atoms with E-state index in [4.69, 9.17) is 4.74 Å². The third-order valence-corrected chi connectivity index (χ3v) is 4.60. The Bertz CT molecular complexity index is 765. The predicted molar refractivity (Wildman–Crippen MR) is 111 cm³/mol. The van der Waals surface area contributed by atoms with Crippen molar-refractivity contribution in [3.05, 3.63) is 66.0 Å². The molecule has 0 aliphatic rings. The second-order valence-corrected chi connectivity index (χ2v) is 6.78. The SMILES string of the molecule is CCCNC(=O)[C@@H](CC)N(CCc1ccccc1)C(=O)COc1ccc(F)cc1. The molecule has 0 saturated heterocycles. The van der Waals surface area contributed by atoms with Crippen molar-refractivity contribution in [3.63, 3.8) is 0 Å². The first-order valence-electron chi connectivity index (χ1n) is 10.0. The number of nitrogens with one attached hydrogen (secondary N) is 1. The molecule has 6 heteroatoms. The van der Waals surface area contributed by atoms with E-state index in [9.17, 15) is 14.0 Å². The molecule has 2 rings (SSSR count). The van der Waals surface area contributed by atoms with Gasteiger partial charge in [-0.2, -0.15) is 0 Å². The second-order valence-electron chi connectivity index (χ2n) is 6.78. The monoisotopic (exact) mass is 400 g/mol. The average molecular weight is 400 g/mol. The zero-order valence-electron chi connectivity index (χ0n) is 17.1. The molecule has 0 aliphatic carbocycles. The van der Waals surface area contributed by atoms with E-state index in [-0.39, 0.29) is 24.2 Å². The molecule has 0 spiro atoms. The molecule has 2 aromatic rings. The number of amides is 2. The van der Waals surface area contributed by atoms with Gasteiger partial charge in [-0.1, -0.05) is 44.2 Å². The maximum atomic E-state index is 13.0. The van der Waals surface area contributed by atoms with Crippen LogP contribution in [0.25, 0.3) is 0 Å². The third-order valence-electron chi connectivity index (χ3n) is 4.60. The van der Waals surface area contributed by atoms with Crippen LogP contribution in [-0.4, -0.2) is 42.5 Å². The lowest BCUT2D eigenvalue weighted by Crippen LogP contribution is -2.51. The highest BCUT2D eigenvalue weighted by Gasteiger charge is 2.28.